The Morgan fingerprint density at radius 1 is 1.31 bits per heavy atom. The number of hydrogen-bond acceptors (Lipinski definition) is 6. The van der Waals surface area contributed by atoms with E-state index in [2.05, 4.69) is 17.3 Å². The molecule has 1 aromatic rings. The molecule has 0 aliphatic carbocycles. The molecule has 7 nitrogen and oxygen atoms in total. The van der Waals surface area contributed by atoms with E-state index in [1.54, 1.807) is 31.5 Å². The number of anilines is 1. The van der Waals surface area contributed by atoms with E-state index in [9.17, 15) is 10.1 Å². The zero-order chi connectivity index (χ0) is 19.1. The highest BCUT2D eigenvalue weighted by Gasteiger charge is 2.20. The monoisotopic (exact) mass is 358 g/mol. The van der Waals surface area contributed by atoms with E-state index < -0.39 is 5.91 Å². The van der Waals surface area contributed by atoms with Crippen molar-refractivity contribution in [2.24, 2.45) is 0 Å². The highest BCUT2D eigenvalue weighted by Crippen LogP contribution is 2.29. The van der Waals surface area contributed by atoms with Crippen molar-refractivity contribution in [1.29, 1.82) is 5.26 Å². The van der Waals surface area contributed by atoms with Gasteiger partial charge in [-0.1, -0.05) is 0 Å². The standard InChI is InChI=1S/C19H26N4O3/c1-22-9-7-16(8-10-22)23(2)13-14(12-20)19(24)21-15-5-6-17(25-3)18(11-15)26-4/h5-6,11,13,16H,7-10H2,1-4H3,(H,21,24)/b14-13-. The lowest BCUT2D eigenvalue weighted by Gasteiger charge is -2.34. The summed E-state index contributed by atoms with van der Waals surface area (Å²) in [6, 6.07) is 7.40. The van der Waals surface area contributed by atoms with Crippen LogP contribution in [0.15, 0.2) is 30.0 Å². The van der Waals surface area contributed by atoms with Gasteiger partial charge in [-0.3, -0.25) is 4.79 Å². The third-order valence-corrected chi connectivity index (χ3v) is 4.60. The summed E-state index contributed by atoms with van der Waals surface area (Å²) < 4.78 is 10.4. The molecule has 1 aliphatic rings. The summed E-state index contributed by atoms with van der Waals surface area (Å²) in [4.78, 5) is 16.7. The number of carbonyl (C=O) groups is 1. The van der Waals surface area contributed by atoms with Gasteiger partial charge >= 0.3 is 0 Å². The molecular weight excluding hydrogens is 332 g/mol. The normalized spacial score (nSPS) is 15.9. The molecule has 1 fully saturated rings. The first-order valence-corrected chi connectivity index (χ1v) is 8.54. The second kappa shape index (κ2) is 9.11. The van der Waals surface area contributed by atoms with E-state index >= 15 is 0 Å². The number of ether oxygens (including phenoxy) is 2. The van der Waals surface area contributed by atoms with Gasteiger partial charge in [-0.2, -0.15) is 5.26 Å². The number of piperidine rings is 1. The van der Waals surface area contributed by atoms with Crippen molar-refractivity contribution in [2.75, 3.05) is 46.7 Å². The van der Waals surface area contributed by atoms with E-state index in [-0.39, 0.29) is 5.57 Å². The number of rotatable bonds is 6. The van der Waals surface area contributed by atoms with Crippen LogP contribution in [0.1, 0.15) is 12.8 Å². The Hall–Kier alpha value is -2.72. The van der Waals surface area contributed by atoms with Crippen molar-refractivity contribution < 1.29 is 14.3 Å². The minimum Gasteiger partial charge on any atom is -0.493 e. The fourth-order valence-electron chi connectivity index (χ4n) is 2.96. The minimum atomic E-state index is -0.445. The minimum absolute atomic E-state index is 0.0706. The van der Waals surface area contributed by atoms with Gasteiger partial charge in [0.15, 0.2) is 11.5 Å². The molecule has 1 aliphatic heterocycles. The molecule has 0 unspecified atom stereocenters. The van der Waals surface area contributed by atoms with E-state index in [1.165, 1.54) is 7.11 Å². The molecule has 0 bridgehead atoms. The molecule has 1 heterocycles. The summed E-state index contributed by atoms with van der Waals surface area (Å²) in [6.45, 7) is 2.03. The molecule has 0 radical (unpaired) electrons. The summed E-state index contributed by atoms with van der Waals surface area (Å²) in [5.41, 5.74) is 0.608. The van der Waals surface area contributed by atoms with Crippen LogP contribution in [0.4, 0.5) is 5.69 Å². The predicted octanol–water partition coefficient (Wildman–Crippen LogP) is 2.08. The molecule has 1 saturated heterocycles. The molecule has 1 aromatic carbocycles. The topological polar surface area (TPSA) is 77.8 Å². The van der Waals surface area contributed by atoms with Gasteiger partial charge in [-0.15, -0.1) is 0 Å². The average Bonchev–Trinajstić information content (AvgIpc) is 2.66. The van der Waals surface area contributed by atoms with E-state index in [1.807, 2.05) is 18.0 Å². The fraction of sp³-hybridized carbons (Fsp3) is 0.474. The smallest absolute Gasteiger partial charge is 0.267 e. The highest BCUT2D eigenvalue weighted by atomic mass is 16.5. The van der Waals surface area contributed by atoms with Crippen LogP contribution < -0.4 is 14.8 Å². The molecule has 26 heavy (non-hydrogen) atoms. The lowest BCUT2D eigenvalue weighted by atomic mass is 10.0. The molecule has 0 spiro atoms. The summed E-state index contributed by atoms with van der Waals surface area (Å²) in [6.07, 6.45) is 3.66. The van der Waals surface area contributed by atoms with Crippen molar-refractivity contribution in [3.63, 3.8) is 0 Å². The third-order valence-electron chi connectivity index (χ3n) is 4.60. The Bertz CT molecular complexity index is 703. The highest BCUT2D eigenvalue weighted by molar-refractivity contribution is 6.06. The second-order valence-electron chi connectivity index (χ2n) is 6.38. The quantitative estimate of drug-likeness (QED) is 0.620. The van der Waals surface area contributed by atoms with Crippen molar-refractivity contribution in [3.05, 3.63) is 30.0 Å². The van der Waals surface area contributed by atoms with Gasteiger partial charge in [-0.25, -0.2) is 0 Å². The first-order chi connectivity index (χ1) is 12.5. The van der Waals surface area contributed by atoms with Crippen LogP contribution in [-0.2, 0) is 4.79 Å². The largest absolute Gasteiger partial charge is 0.493 e. The van der Waals surface area contributed by atoms with Crippen LogP contribution in [0.2, 0.25) is 0 Å². The van der Waals surface area contributed by atoms with Crippen LogP contribution in [-0.4, -0.2) is 63.2 Å². The SMILES string of the molecule is COc1ccc(NC(=O)/C(C#N)=C\N(C)C2CCN(C)CC2)cc1OC. The van der Waals surface area contributed by atoms with Crippen LogP contribution in [0.25, 0.3) is 0 Å². The molecule has 0 atom stereocenters. The number of nitrogens with one attached hydrogen (secondary N) is 1. The number of nitriles is 1. The van der Waals surface area contributed by atoms with Gasteiger partial charge in [0, 0.05) is 31.0 Å². The maximum Gasteiger partial charge on any atom is 0.267 e. The number of carbonyl (C=O) groups excluding carboxylic acids is 1. The van der Waals surface area contributed by atoms with Crippen LogP contribution in [0, 0.1) is 11.3 Å². The summed E-state index contributed by atoms with van der Waals surface area (Å²) in [5.74, 6) is 0.638. The molecule has 0 aromatic heterocycles. The lowest BCUT2D eigenvalue weighted by Crippen LogP contribution is -2.40. The first kappa shape index (κ1) is 19.6. The summed E-state index contributed by atoms with van der Waals surface area (Å²) >= 11 is 0. The van der Waals surface area contributed by atoms with Crippen LogP contribution in [0.5, 0.6) is 11.5 Å². The van der Waals surface area contributed by atoms with E-state index in [4.69, 9.17) is 9.47 Å². The second-order valence-corrected chi connectivity index (χ2v) is 6.38. The molecule has 0 saturated carbocycles. The summed E-state index contributed by atoms with van der Waals surface area (Å²) in [5, 5.41) is 12.1. The number of methoxy groups -OCH3 is 2. The van der Waals surface area contributed by atoms with Gasteiger partial charge in [0.1, 0.15) is 11.6 Å². The molecule has 1 amide bonds. The molecule has 1 N–H and O–H groups in total. The van der Waals surface area contributed by atoms with Crippen molar-refractivity contribution in [2.45, 2.75) is 18.9 Å². The van der Waals surface area contributed by atoms with Gasteiger partial charge in [0.05, 0.1) is 14.2 Å². The van der Waals surface area contributed by atoms with Gasteiger partial charge in [-0.05, 0) is 45.1 Å². The van der Waals surface area contributed by atoms with E-state index in [0.717, 1.165) is 25.9 Å². The number of amides is 1. The number of hydrogen-bond donors (Lipinski definition) is 1. The fourth-order valence-corrected chi connectivity index (χ4v) is 2.96. The molecule has 7 heteroatoms. The van der Waals surface area contributed by atoms with Crippen LogP contribution in [0.3, 0.4) is 0 Å². The Labute approximate surface area is 154 Å². The van der Waals surface area contributed by atoms with Crippen molar-refractivity contribution in [3.8, 4) is 17.6 Å². The van der Waals surface area contributed by atoms with Crippen molar-refractivity contribution >= 4 is 11.6 Å². The zero-order valence-corrected chi connectivity index (χ0v) is 15.8. The Balaban J connectivity index is 2.07. The first-order valence-electron chi connectivity index (χ1n) is 8.54. The van der Waals surface area contributed by atoms with E-state index in [0.29, 0.717) is 23.2 Å². The average molecular weight is 358 g/mol. The number of benzene rings is 1. The zero-order valence-electron chi connectivity index (χ0n) is 15.8. The number of nitrogens with zero attached hydrogens (tertiary/aromatic N) is 3. The predicted molar refractivity (Wildman–Crippen MR) is 100 cm³/mol. The van der Waals surface area contributed by atoms with Gasteiger partial charge in [0.25, 0.3) is 5.91 Å². The van der Waals surface area contributed by atoms with Gasteiger partial charge < -0.3 is 24.6 Å². The molecule has 140 valence electrons. The Morgan fingerprint density at radius 3 is 2.54 bits per heavy atom. The number of likely N-dealkylation sites (tertiary alicyclic amines) is 1. The molecular formula is C19H26N4O3. The maximum atomic E-state index is 12.5. The van der Waals surface area contributed by atoms with Crippen LogP contribution >= 0.6 is 0 Å². The Morgan fingerprint density at radius 2 is 1.96 bits per heavy atom. The summed E-state index contributed by atoms with van der Waals surface area (Å²) in [7, 11) is 7.09. The molecule has 2 rings (SSSR count). The third kappa shape index (κ3) is 4.90. The Kier molecular flexibility index (Phi) is 6.87. The van der Waals surface area contributed by atoms with Crippen molar-refractivity contribution in [1.82, 2.24) is 9.80 Å². The van der Waals surface area contributed by atoms with Gasteiger partial charge in [0.2, 0.25) is 0 Å². The lowest BCUT2D eigenvalue weighted by molar-refractivity contribution is -0.112. The maximum absolute atomic E-state index is 12.5.